The van der Waals surface area contributed by atoms with E-state index in [1.165, 1.54) is 16.2 Å². The zero-order valence-corrected chi connectivity index (χ0v) is 19.7. The summed E-state index contributed by atoms with van der Waals surface area (Å²) in [5.41, 5.74) is 4.37. The molecule has 3 heterocycles. The first-order valence-electron chi connectivity index (χ1n) is 10.5. The number of nitrogens with one attached hydrogen (secondary N) is 1. The van der Waals surface area contributed by atoms with Crippen molar-refractivity contribution in [3.05, 3.63) is 76.8 Å². The number of benzene rings is 2. The molecule has 1 aliphatic rings. The average Bonchev–Trinajstić information content (AvgIpc) is 3.34. The van der Waals surface area contributed by atoms with Gasteiger partial charge in [-0.25, -0.2) is 4.98 Å². The summed E-state index contributed by atoms with van der Waals surface area (Å²) in [6.45, 7) is 1.59. The van der Waals surface area contributed by atoms with Gasteiger partial charge in [-0.05, 0) is 55.0 Å². The maximum Gasteiger partial charge on any atom is 0.265 e. The second-order valence-electron chi connectivity index (χ2n) is 7.71. The predicted molar refractivity (Wildman–Crippen MR) is 133 cm³/mol. The van der Waals surface area contributed by atoms with E-state index in [1.54, 1.807) is 24.4 Å². The van der Waals surface area contributed by atoms with Gasteiger partial charge >= 0.3 is 0 Å². The van der Waals surface area contributed by atoms with Crippen LogP contribution in [0, 0.1) is 6.92 Å². The molecule has 4 aromatic rings. The first-order valence-corrected chi connectivity index (χ1v) is 11.7. The molecule has 0 atom stereocenters. The Labute approximate surface area is 205 Å². The van der Waals surface area contributed by atoms with Crippen LogP contribution in [0.2, 0.25) is 5.02 Å². The number of amides is 2. The summed E-state index contributed by atoms with van der Waals surface area (Å²) in [5, 5.41) is 6.10. The molecule has 2 aromatic heterocycles. The molecular formula is C25H19ClN4O3S. The first-order chi connectivity index (χ1) is 16.5. The number of hydrogen-bond acceptors (Lipinski definition) is 6. The zero-order chi connectivity index (χ0) is 23.7. The van der Waals surface area contributed by atoms with E-state index in [1.807, 2.05) is 48.7 Å². The number of aryl methyl sites for hydroxylation is 1. The van der Waals surface area contributed by atoms with E-state index in [-0.39, 0.29) is 25.0 Å². The Balaban J connectivity index is 1.41. The molecule has 2 aromatic carbocycles. The SMILES string of the molecule is Cc1ccc(Cl)cc1NC(=O)CN1C(=O)COc2ccc(-c3csc(-c4ccccn4)n3)cc21. The van der Waals surface area contributed by atoms with Gasteiger partial charge in [0.05, 0.1) is 17.1 Å². The van der Waals surface area contributed by atoms with Gasteiger partial charge in [0.2, 0.25) is 5.91 Å². The Bertz CT molecular complexity index is 1390. The number of ether oxygens (including phenoxy) is 1. The highest BCUT2D eigenvalue weighted by molar-refractivity contribution is 7.13. The van der Waals surface area contributed by atoms with Crippen LogP contribution in [0.1, 0.15) is 5.56 Å². The largest absolute Gasteiger partial charge is 0.482 e. The van der Waals surface area contributed by atoms with Gasteiger partial charge < -0.3 is 10.1 Å². The maximum absolute atomic E-state index is 12.8. The van der Waals surface area contributed by atoms with Crippen molar-refractivity contribution in [3.63, 3.8) is 0 Å². The molecule has 0 bridgehead atoms. The van der Waals surface area contributed by atoms with Crippen molar-refractivity contribution in [2.75, 3.05) is 23.4 Å². The lowest BCUT2D eigenvalue weighted by molar-refractivity contribution is -0.123. The fraction of sp³-hybridized carbons (Fsp3) is 0.120. The summed E-state index contributed by atoms with van der Waals surface area (Å²) in [6, 6.07) is 16.5. The molecule has 1 N–H and O–H groups in total. The third-order valence-electron chi connectivity index (χ3n) is 5.36. The predicted octanol–water partition coefficient (Wildman–Crippen LogP) is 5.20. The van der Waals surface area contributed by atoms with Crippen LogP contribution in [-0.2, 0) is 9.59 Å². The van der Waals surface area contributed by atoms with Crippen LogP contribution < -0.4 is 15.0 Å². The number of pyridine rings is 1. The fourth-order valence-electron chi connectivity index (χ4n) is 3.61. The number of hydrogen-bond donors (Lipinski definition) is 1. The maximum atomic E-state index is 12.8. The van der Waals surface area contributed by atoms with Gasteiger partial charge in [-0.15, -0.1) is 11.3 Å². The second-order valence-corrected chi connectivity index (χ2v) is 9.01. The van der Waals surface area contributed by atoms with Crippen LogP contribution in [0.15, 0.2) is 66.2 Å². The molecule has 5 rings (SSSR count). The Hall–Kier alpha value is -3.75. The minimum absolute atomic E-state index is 0.129. The number of rotatable bonds is 5. The zero-order valence-electron chi connectivity index (χ0n) is 18.1. The third kappa shape index (κ3) is 4.50. The minimum atomic E-state index is -0.330. The summed E-state index contributed by atoms with van der Waals surface area (Å²) < 4.78 is 5.60. The number of thiazole rings is 1. The molecule has 0 unspecified atom stereocenters. The Morgan fingerprint density at radius 2 is 2.06 bits per heavy atom. The monoisotopic (exact) mass is 490 g/mol. The third-order valence-corrected chi connectivity index (χ3v) is 6.46. The number of anilines is 2. The van der Waals surface area contributed by atoms with Gasteiger partial charge in [-0.2, -0.15) is 0 Å². The van der Waals surface area contributed by atoms with Gasteiger partial charge in [-0.3, -0.25) is 19.5 Å². The molecule has 0 radical (unpaired) electrons. The van der Waals surface area contributed by atoms with Crippen molar-refractivity contribution >= 4 is 46.1 Å². The molecule has 170 valence electrons. The Morgan fingerprint density at radius 3 is 2.88 bits per heavy atom. The summed E-state index contributed by atoms with van der Waals surface area (Å²) in [4.78, 5) is 36.0. The quantitative estimate of drug-likeness (QED) is 0.415. The smallest absolute Gasteiger partial charge is 0.265 e. The number of fused-ring (bicyclic) bond motifs is 1. The van der Waals surface area contributed by atoms with E-state index in [0.717, 1.165) is 27.5 Å². The van der Waals surface area contributed by atoms with Gasteiger partial charge in [0, 0.05) is 27.9 Å². The highest BCUT2D eigenvalue weighted by Crippen LogP contribution is 2.37. The van der Waals surface area contributed by atoms with Crippen LogP contribution in [0.3, 0.4) is 0 Å². The molecular weight excluding hydrogens is 472 g/mol. The van der Waals surface area contributed by atoms with E-state index < -0.39 is 0 Å². The molecule has 0 saturated carbocycles. The van der Waals surface area contributed by atoms with Crippen LogP contribution >= 0.6 is 22.9 Å². The number of aromatic nitrogens is 2. The van der Waals surface area contributed by atoms with Crippen molar-refractivity contribution in [1.29, 1.82) is 0 Å². The molecule has 34 heavy (non-hydrogen) atoms. The van der Waals surface area contributed by atoms with Gasteiger partial charge in [0.15, 0.2) is 6.61 Å². The fourth-order valence-corrected chi connectivity index (χ4v) is 4.59. The second kappa shape index (κ2) is 9.24. The molecule has 7 nitrogen and oxygen atoms in total. The summed E-state index contributed by atoms with van der Waals surface area (Å²) in [5.74, 6) is -0.0894. The molecule has 0 fully saturated rings. The van der Waals surface area contributed by atoms with E-state index in [0.29, 0.717) is 22.1 Å². The molecule has 0 aliphatic carbocycles. The topological polar surface area (TPSA) is 84.4 Å². The van der Waals surface area contributed by atoms with E-state index in [9.17, 15) is 9.59 Å². The van der Waals surface area contributed by atoms with Crippen LogP contribution in [0.5, 0.6) is 5.75 Å². The molecule has 0 spiro atoms. The van der Waals surface area contributed by atoms with E-state index in [4.69, 9.17) is 21.3 Å². The normalized spacial score (nSPS) is 12.8. The standard InChI is InChI=1S/C25H19ClN4O3S/c1-15-5-7-17(26)11-19(15)28-23(31)12-30-21-10-16(6-8-22(21)33-13-24(30)32)20-14-34-25(29-20)18-4-2-3-9-27-18/h2-11,14H,12-13H2,1H3,(H,28,31). The highest BCUT2D eigenvalue weighted by atomic mass is 35.5. The number of nitrogens with zero attached hydrogens (tertiary/aromatic N) is 3. The number of halogens is 1. The van der Waals surface area contributed by atoms with Crippen LogP contribution in [0.25, 0.3) is 22.0 Å². The molecule has 1 aliphatic heterocycles. The Morgan fingerprint density at radius 1 is 1.18 bits per heavy atom. The van der Waals surface area contributed by atoms with Crippen molar-refractivity contribution in [2.24, 2.45) is 0 Å². The summed E-state index contributed by atoms with van der Waals surface area (Å²) >= 11 is 7.55. The lowest BCUT2D eigenvalue weighted by Gasteiger charge is -2.29. The number of carbonyl (C=O) groups excluding carboxylic acids is 2. The van der Waals surface area contributed by atoms with E-state index >= 15 is 0 Å². The Kier molecular flexibility index (Phi) is 6.00. The summed E-state index contributed by atoms with van der Waals surface area (Å²) in [7, 11) is 0. The van der Waals surface area contributed by atoms with Crippen molar-refractivity contribution in [3.8, 4) is 27.7 Å². The van der Waals surface area contributed by atoms with Gasteiger partial charge in [0.25, 0.3) is 5.91 Å². The minimum Gasteiger partial charge on any atom is -0.482 e. The average molecular weight is 491 g/mol. The van der Waals surface area contributed by atoms with Crippen molar-refractivity contribution in [1.82, 2.24) is 9.97 Å². The van der Waals surface area contributed by atoms with Crippen molar-refractivity contribution in [2.45, 2.75) is 6.92 Å². The number of carbonyl (C=O) groups is 2. The lowest BCUT2D eigenvalue weighted by Crippen LogP contribution is -2.43. The van der Waals surface area contributed by atoms with E-state index in [2.05, 4.69) is 10.3 Å². The molecule has 2 amide bonds. The van der Waals surface area contributed by atoms with Crippen LogP contribution in [0.4, 0.5) is 11.4 Å². The van der Waals surface area contributed by atoms with Gasteiger partial charge in [0.1, 0.15) is 17.3 Å². The summed E-state index contributed by atoms with van der Waals surface area (Å²) in [6.07, 6.45) is 1.73. The van der Waals surface area contributed by atoms with Crippen LogP contribution in [-0.4, -0.2) is 34.9 Å². The highest BCUT2D eigenvalue weighted by Gasteiger charge is 2.28. The van der Waals surface area contributed by atoms with Crippen molar-refractivity contribution < 1.29 is 14.3 Å². The first kappa shape index (κ1) is 22.1. The molecule has 0 saturated heterocycles. The van der Waals surface area contributed by atoms with Gasteiger partial charge in [-0.1, -0.05) is 23.7 Å². The molecule has 9 heteroatoms. The lowest BCUT2D eigenvalue weighted by atomic mass is 10.1.